The SMILES string of the molecule is CCCOCCN1CCc2cc(C(C)NC)ccc21. The van der Waals surface area contributed by atoms with Gasteiger partial charge in [-0.15, -0.1) is 0 Å². The van der Waals surface area contributed by atoms with Crippen molar-refractivity contribution >= 4 is 5.69 Å². The number of benzene rings is 1. The van der Waals surface area contributed by atoms with Crippen LogP contribution in [0.5, 0.6) is 0 Å². The summed E-state index contributed by atoms with van der Waals surface area (Å²) in [6, 6.07) is 7.28. The molecule has 1 N–H and O–H groups in total. The average Bonchev–Trinajstić information content (AvgIpc) is 2.85. The number of fused-ring (bicyclic) bond motifs is 1. The van der Waals surface area contributed by atoms with E-state index in [1.54, 1.807) is 0 Å². The van der Waals surface area contributed by atoms with Gasteiger partial charge < -0.3 is 15.0 Å². The quantitative estimate of drug-likeness (QED) is 0.765. The second-order valence-corrected chi connectivity index (χ2v) is 5.25. The second-order valence-electron chi connectivity index (χ2n) is 5.25. The highest BCUT2D eigenvalue weighted by Crippen LogP contribution is 2.30. The van der Waals surface area contributed by atoms with Gasteiger partial charge in [0.2, 0.25) is 0 Å². The van der Waals surface area contributed by atoms with Crippen LogP contribution in [0.3, 0.4) is 0 Å². The molecule has 3 nitrogen and oxygen atoms in total. The summed E-state index contributed by atoms with van der Waals surface area (Å²) in [5.41, 5.74) is 4.26. The first kappa shape index (κ1) is 14.4. The predicted octanol–water partition coefficient (Wildman–Crippen LogP) is 2.76. The highest BCUT2D eigenvalue weighted by atomic mass is 16.5. The molecule has 106 valence electrons. The fraction of sp³-hybridized carbons (Fsp3) is 0.625. The van der Waals surface area contributed by atoms with Crippen LogP contribution < -0.4 is 10.2 Å². The lowest BCUT2D eigenvalue weighted by Gasteiger charge is -2.20. The first-order chi connectivity index (χ1) is 9.26. The minimum Gasteiger partial charge on any atom is -0.380 e. The van der Waals surface area contributed by atoms with Gasteiger partial charge in [0, 0.05) is 31.4 Å². The van der Waals surface area contributed by atoms with Crippen molar-refractivity contribution in [1.82, 2.24) is 5.32 Å². The molecule has 1 aromatic rings. The van der Waals surface area contributed by atoms with Crippen molar-refractivity contribution < 1.29 is 4.74 Å². The summed E-state index contributed by atoms with van der Waals surface area (Å²) in [4.78, 5) is 2.44. The van der Waals surface area contributed by atoms with Gasteiger partial charge >= 0.3 is 0 Å². The maximum atomic E-state index is 5.59. The lowest BCUT2D eigenvalue weighted by atomic mass is 10.0. The Morgan fingerprint density at radius 3 is 2.95 bits per heavy atom. The number of ether oxygens (including phenoxy) is 1. The molecule has 1 heterocycles. The van der Waals surface area contributed by atoms with E-state index in [2.05, 4.69) is 42.3 Å². The maximum Gasteiger partial charge on any atom is 0.0641 e. The topological polar surface area (TPSA) is 24.5 Å². The Morgan fingerprint density at radius 1 is 1.37 bits per heavy atom. The first-order valence-corrected chi connectivity index (χ1v) is 7.39. The van der Waals surface area contributed by atoms with E-state index in [9.17, 15) is 0 Å². The molecule has 1 aromatic carbocycles. The van der Waals surface area contributed by atoms with Crippen LogP contribution in [0.1, 0.15) is 37.4 Å². The molecule has 2 rings (SSSR count). The highest BCUT2D eigenvalue weighted by molar-refractivity contribution is 5.59. The van der Waals surface area contributed by atoms with Gasteiger partial charge in [-0.25, -0.2) is 0 Å². The van der Waals surface area contributed by atoms with Crippen LogP contribution in [-0.4, -0.2) is 33.4 Å². The van der Waals surface area contributed by atoms with Gasteiger partial charge in [-0.05, 0) is 44.0 Å². The molecule has 0 aromatic heterocycles. The molecule has 0 fully saturated rings. The molecule has 1 aliphatic heterocycles. The Kier molecular flexibility index (Phi) is 5.23. The van der Waals surface area contributed by atoms with Gasteiger partial charge in [0.1, 0.15) is 0 Å². The Labute approximate surface area is 116 Å². The Hall–Kier alpha value is -1.06. The van der Waals surface area contributed by atoms with Gasteiger partial charge in [-0.1, -0.05) is 19.1 Å². The summed E-state index contributed by atoms with van der Waals surface area (Å²) in [6.45, 7) is 8.19. The summed E-state index contributed by atoms with van der Waals surface area (Å²) < 4.78 is 5.59. The van der Waals surface area contributed by atoms with Crippen molar-refractivity contribution in [2.45, 2.75) is 32.7 Å². The molecule has 0 aliphatic carbocycles. The Balaban J connectivity index is 1.97. The molecule has 0 spiro atoms. The van der Waals surface area contributed by atoms with Gasteiger partial charge in [-0.2, -0.15) is 0 Å². The molecular weight excluding hydrogens is 236 g/mol. The molecule has 3 heteroatoms. The number of hydrogen-bond acceptors (Lipinski definition) is 3. The zero-order valence-electron chi connectivity index (χ0n) is 12.4. The van der Waals surface area contributed by atoms with Gasteiger partial charge in [0.05, 0.1) is 6.61 Å². The van der Waals surface area contributed by atoms with E-state index >= 15 is 0 Å². The van der Waals surface area contributed by atoms with E-state index in [0.29, 0.717) is 6.04 Å². The molecule has 0 saturated heterocycles. The van der Waals surface area contributed by atoms with Crippen molar-refractivity contribution in [2.75, 3.05) is 38.3 Å². The van der Waals surface area contributed by atoms with E-state index in [1.807, 2.05) is 7.05 Å². The van der Waals surface area contributed by atoms with Gasteiger partial charge in [-0.3, -0.25) is 0 Å². The van der Waals surface area contributed by atoms with Gasteiger partial charge in [0.25, 0.3) is 0 Å². The number of nitrogens with one attached hydrogen (secondary N) is 1. The standard InChI is InChI=1S/C16H26N2O/c1-4-10-19-11-9-18-8-7-15-12-14(13(2)17-3)5-6-16(15)18/h5-6,12-13,17H,4,7-11H2,1-3H3. The van der Waals surface area contributed by atoms with Crippen LogP contribution in [-0.2, 0) is 11.2 Å². The van der Waals surface area contributed by atoms with E-state index in [4.69, 9.17) is 4.74 Å². The highest BCUT2D eigenvalue weighted by Gasteiger charge is 2.19. The summed E-state index contributed by atoms with van der Waals surface area (Å²) in [5.74, 6) is 0. The molecule has 1 atom stereocenters. The number of hydrogen-bond donors (Lipinski definition) is 1. The zero-order valence-corrected chi connectivity index (χ0v) is 12.4. The number of nitrogens with zero attached hydrogens (tertiary/aromatic N) is 1. The molecule has 0 amide bonds. The monoisotopic (exact) mass is 262 g/mol. The largest absolute Gasteiger partial charge is 0.380 e. The molecule has 1 aliphatic rings. The van der Waals surface area contributed by atoms with Crippen molar-refractivity contribution in [3.05, 3.63) is 29.3 Å². The van der Waals surface area contributed by atoms with Crippen LogP contribution in [0.15, 0.2) is 18.2 Å². The summed E-state index contributed by atoms with van der Waals surface area (Å²) >= 11 is 0. The van der Waals surface area contributed by atoms with Crippen molar-refractivity contribution in [2.24, 2.45) is 0 Å². The fourth-order valence-electron chi connectivity index (χ4n) is 2.58. The smallest absolute Gasteiger partial charge is 0.0641 e. The molecule has 1 unspecified atom stereocenters. The zero-order chi connectivity index (χ0) is 13.7. The minimum absolute atomic E-state index is 0.423. The third-order valence-electron chi connectivity index (χ3n) is 3.88. The third kappa shape index (κ3) is 3.48. The third-order valence-corrected chi connectivity index (χ3v) is 3.88. The Morgan fingerprint density at radius 2 is 2.21 bits per heavy atom. The van der Waals surface area contributed by atoms with Crippen molar-refractivity contribution in [3.8, 4) is 0 Å². The van der Waals surface area contributed by atoms with Crippen molar-refractivity contribution in [1.29, 1.82) is 0 Å². The molecule has 0 saturated carbocycles. The summed E-state index contributed by atoms with van der Waals surface area (Å²) in [6.07, 6.45) is 2.26. The van der Waals surface area contributed by atoms with Crippen LogP contribution in [0.4, 0.5) is 5.69 Å². The molecule has 0 radical (unpaired) electrons. The predicted molar refractivity (Wildman–Crippen MR) is 80.9 cm³/mol. The lowest BCUT2D eigenvalue weighted by molar-refractivity contribution is 0.141. The normalized spacial score (nSPS) is 15.6. The summed E-state index contributed by atoms with van der Waals surface area (Å²) in [7, 11) is 2.01. The second kappa shape index (κ2) is 6.92. The van der Waals surface area contributed by atoms with E-state index in [-0.39, 0.29) is 0 Å². The summed E-state index contributed by atoms with van der Waals surface area (Å²) in [5, 5.41) is 3.30. The molecular formula is C16H26N2O. The Bertz CT molecular complexity index is 406. The van der Waals surface area contributed by atoms with Crippen LogP contribution >= 0.6 is 0 Å². The van der Waals surface area contributed by atoms with Crippen LogP contribution in [0.2, 0.25) is 0 Å². The average molecular weight is 262 g/mol. The van der Waals surface area contributed by atoms with Crippen LogP contribution in [0, 0.1) is 0 Å². The van der Waals surface area contributed by atoms with E-state index in [1.165, 1.54) is 16.8 Å². The van der Waals surface area contributed by atoms with Crippen molar-refractivity contribution in [3.63, 3.8) is 0 Å². The molecule has 19 heavy (non-hydrogen) atoms. The lowest BCUT2D eigenvalue weighted by Crippen LogP contribution is -2.25. The molecule has 0 bridgehead atoms. The van der Waals surface area contributed by atoms with E-state index < -0.39 is 0 Å². The van der Waals surface area contributed by atoms with E-state index in [0.717, 1.165) is 39.1 Å². The first-order valence-electron chi connectivity index (χ1n) is 7.39. The van der Waals surface area contributed by atoms with Crippen LogP contribution in [0.25, 0.3) is 0 Å². The number of rotatable bonds is 7. The minimum atomic E-state index is 0.423. The fourth-order valence-corrected chi connectivity index (χ4v) is 2.58. The van der Waals surface area contributed by atoms with Gasteiger partial charge in [0.15, 0.2) is 0 Å². The number of anilines is 1. The maximum absolute atomic E-state index is 5.59.